The van der Waals surface area contributed by atoms with Gasteiger partial charge in [0, 0.05) is 43.7 Å². The highest BCUT2D eigenvalue weighted by Gasteiger charge is 2.20. The Kier molecular flexibility index (Phi) is 5.96. The number of hydrogen-bond acceptors (Lipinski definition) is 1. The molecular weight excluding hydrogens is 621 g/mol. The van der Waals surface area contributed by atoms with Gasteiger partial charge in [-0.15, -0.1) is 0 Å². The fraction of sp³-hybridized carbons (Fsp3) is 0. The highest BCUT2D eigenvalue weighted by atomic mass is 16.3. The summed E-state index contributed by atoms with van der Waals surface area (Å²) in [5.41, 5.74) is 13.7. The summed E-state index contributed by atoms with van der Waals surface area (Å²) in [5, 5.41) is 7.35. The molecule has 3 aromatic heterocycles. The lowest BCUT2D eigenvalue weighted by molar-refractivity contribution is 0.669. The van der Waals surface area contributed by atoms with Crippen molar-refractivity contribution in [3.8, 4) is 33.6 Å². The number of benzene rings is 8. The number of fused-ring (bicyclic) bond motifs is 10. The van der Waals surface area contributed by atoms with Crippen molar-refractivity contribution < 1.29 is 4.42 Å². The lowest BCUT2D eigenvalue weighted by Gasteiger charge is -2.11. The van der Waals surface area contributed by atoms with Crippen LogP contribution in [0.4, 0.5) is 0 Å². The highest BCUT2D eigenvalue weighted by Crippen LogP contribution is 2.43. The normalized spacial score (nSPS) is 11.9. The van der Waals surface area contributed by atoms with Gasteiger partial charge in [0.05, 0.1) is 22.1 Å². The molecule has 0 aliphatic heterocycles. The van der Waals surface area contributed by atoms with Crippen LogP contribution in [0.25, 0.3) is 99.2 Å². The monoisotopic (exact) mass is 650 g/mol. The third kappa shape index (κ3) is 4.19. The second kappa shape index (κ2) is 10.8. The van der Waals surface area contributed by atoms with E-state index in [1.165, 1.54) is 65.9 Å². The molecule has 0 amide bonds. The fourth-order valence-corrected chi connectivity index (χ4v) is 8.24. The summed E-state index contributed by atoms with van der Waals surface area (Å²) in [5.74, 6) is 0. The van der Waals surface area contributed by atoms with Crippen molar-refractivity contribution >= 4 is 65.6 Å². The van der Waals surface area contributed by atoms with Crippen molar-refractivity contribution in [3.63, 3.8) is 0 Å². The number of furan rings is 1. The van der Waals surface area contributed by atoms with E-state index in [1.54, 1.807) is 0 Å². The molecule has 0 atom stereocenters. The zero-order valence-electron chi connectivity index (χ0n) is 27.6. The van der Waals surface area contributed by atoms with Crippen LogP contribution in [0.1, 0.15) is 0 Å². The maximum Gasteiger partial charge on any atom is 0.135 e. The predicted octanol–water partition coefficient (Wildman–Crippen LogP) is 13.1. The Morgan fingerprint density at radius 2 is 0.824 bits per heavy atom. The number of hydrogen-bond donors (Lipinski definition) is 0. The summed E-state index contributed by atoms with van der Waals surface area (Å²) >= 11 is 0. The molecule has 0 fully saturated rings. The molecule has 0 bridgehead atoms. The standard InChI is InChI=1S/C48H30N2O/c1-2-11-31(12-3-1)33-13-10-14-36(29-33)50-42-19-8-5-17-39(42)48-44(50)27-26-43-47(48)38-16-4-7-18-41(38)49(43)35-24-21-32(22-25-35)34-23-28-46-40(30-34)37-15-6-9-20-45(37)51-46/h1-30H. The Balaban J connectivity index is 1.10. The van der Waals surface area contributed by atoms with Crippen LogP contribution in [-0.4, -0.2) is 9.13 Å². The first-order valence-electron chi connectivity index (χ1n) is 17.4. The van der Waals surface area contributed by atoms with Gasteiger partial charge in [0.25, 0.3) is 0 Å². The van der Waals surface area contributed by atoms with E-state index >= 15 is 0 Å². The second-order valence-corrected chi connectivity index (χ2v) is 13.3. The molecule has 3 nitrogen and oxygen atoms in total. The number of nitrogens with zero attached hydrogens (tertiary/aromatic N) is 2. The van der Waals surface area contributed by atoms with Crippen LogP contribution in [0.5, 0.6) is 0 Å². The smallest absolute Gasteiger partial charge is 0.135 e. The summed E-state index contributed by atoms with van der Waals surface area (Å²) in [7, 11) is 0. The molecule has 51 heavy (non-hydrogen) atoms. The molecule has 3 heteroatoms. The van der Waals surface area contributed by atoms with Gasteiger partial charge in [-0.3, -0.25) is 0 Å². The highest BCUT2D eigenvalue weighted by molar-refractivity contribution is 6.29. The van der Waals surface area contributed by atoms with E-state index in [2.05, 4.69) is 179 Å². The van der Waals surface area contributed by atoms with Crippen molar-refractivity contribution in [2.24, 2.45) is 0 Å². The van der Waals surface area contributed by atoms with Crippen LogP contribution in [-0.2, 0) is 0 Å². The molecular formula is C48H30N2O. The van der Waals surface area contributed by atoms with Crippen molar-refractivity contribution in [1.29, 1.82) is 0 Å². The molecule has 11 aromatic rings. The molecule has 238 valence electrons. The third-order valence-electron chi connectivity index (χ3n) is 10.5. The predicted molar refractivity (Wildman–Crippen MR) is 213 cm³/mol. The maximum atomic E-state index is 6.10. The zero-order valence-corrected chi connectivity index (χ0v) is 27.6. The molecule has 0 spiro atoms. The Labute approximate surface area is 293 Å². The van der Waals surface area contributed by atoms with E-state index in [0.29, 0.717) is 0 Å². The summed E-state index contributed by atoms with van der Waals surface area (Å²) in [6.07, 6.45) is 0. The van der Waals surface area contributed by atoms with Gasteiger partial charge in [0.15, 0.2) is 0 Å². The first kappa shape index (κ1) is 28.0. The minimum atomic E-state index is 0.915. The molecule has 8 aromatic carbocycles. The molecule has 0 aliphatic rings. The summed E-state index contributed by atoms with van der Waals surface area (Å²) in [6.45, 7) is 0. The molecule has 0 N–H and O–H groups in total. The zero-order chi connectivity index (χ0) is 33.5. The lowest BCUT2D eigenvalue weighted by atomic mass is 10.0. The molecule has 0 unspecified atom stereocenters. The maximum absolute atomic E-state index is 6.10. The van der Waals surface area contributed by atoms with E-state index < -0.39 is 0 Å². The van der Waals surface area contributed by atoms with E-state index in [-0.39, 0.29) is 0 Å². The van der Waals surface area contributed by atoms with Gasteiger partial charge in [-0.25, -0.2) is 0 Å². The SMILES string of the molecule is c1ccc(-c2cccc(-n3c4ccccc4c4c5c6ccccc6n(-c6ccc(-c7ccc8oc9ccccc9c8c7)cc6)c5ccc43)c2)cc1. The molecule has 0 saturated carbocycles. The van der Waals surface area contributed by atoms with E-state index in [9.17, 15) is 0 Å². The van der Waals surface area contributed by atoms with Crippen molar-refractivity contribution in [2.45, 2.75) is 0 Å². The first-order valence-corrected chi connectivity index (χ1v) is 17.4. The summed E-state index contributed by atoms with van der Waals surface area (Å²) in [6, 6.07) is 65.5. The number of rotatable bonds is 4. The van der Waals surface area contributed by atoms with Crippen LogP contribution < -0.4 is 0 Å². The van der Waals surface area contributed by atoms with Crippen LogP contribution in [0.15, 0.2) is 186 Å². The third-order valence-corrected chi connectivity index (χ3v) is 10.5. The van der Waals surface area contributed by atoms with E-state index in [0.717, 1.165) is 33.3 Å². The van der Waals surface area contributed by atoms with Gasteiger partial charge in [-0.2, -0.15) is 0 Å². The molecule has 3 heterocycles. The Morgan fingerprint density at radius 1 is 0.294 bits per heavy atom. The Hall–Kier alpha value is -6.84. The number of para-hydroxylation sites is 3. The minimum absolute atomic E-state index is 0.915. The average Bonchev–Trinajstić information content (AvgIpc) is 3.86. The first-order chi connectivity index (χ1) is 25.3. The molecule has 0 radical (unpaired) electrons. The summed E-state index contributed by atoms with van der Waals surface area (Å²) in [4.78, 5) is 0. The molecule has 11 rings (SSSR count). The lowest BCUT2D eigenvalue weighted by Crippen LogP contribution is -1.95. The van der Waals surface area contributed by atoms with E-state index in [1.807, 2.05) is 12.1 Å². The van der Waals surface area contributed by atoms with Crippen molar-refractivity contribution in [2.75, 3.05) is 0 Å². The fourth-order valence-electron chi connectivity index (χ4n) is 8.24. The van der Waals surface area contributed by atoms with Crippen LogP contribution >= 0.6 is 0 Å². The Bertz CT molecular complexity index is 3120. The number of aromatic nitrogens is 2. The Morgan fingerprint density at radius 3 is 1.55 bits per heavy atom. The van der Waals surface area contributed by atoms with Gasteiger partial charge in [0.2, 0.25) is 0 Å². The minimum Gasteiger partial charge on any atom is -0.456 e. The van der Waals surface area contributed by atoms with Gasteiger partial charge < -0.3 is 13.6 Å². The topological polar surface area (TPSA) is 23.0 Å². The van der Waals surface area contributed by atoms with Crippen molar-refractivity contribution in [3.05, 3.63) is 182 Å². The van der Waals surface area contributed by atoms with Gasteiger partial charge in [-0.1, -0.05) is 115 Å². The van der Waals surface area contributed by atoms with E-state index in [4.69, 9.17) is 4.42 Å². The largest absolute Gasteiger partial charge is 0.456 e. The van der Waals surface area contributed by atoms with Crippen LogP contribution in [0.3, 0.4) is 0 Å². The van der Waals surface area contributed by atoms with Gasteiger partial charge >= 0.3 is 0 Å². The van der Waals surface area contributed by atoms with Crippen LogP contribution in [0.2, 0.25) is 0 Å². The quantitative estimate of drug-likeness (QED) is 0.186. The second-order valence-electron chi connectivity index (χ2n) is 13.3. The van der Waals surface area contributed by atoms with Crippen LogP contribution in [0, 0.1) is 0 Å². The van der Waals surface area contributed by atoms with Gasteiger partial charge in [0.1, 0.15) is 11.2 Å². The molecule has 0 aliphatic carbocycles. The van der Waals surface area contributed by atoms with Crippen molar-refractivity contribution in [1.82, 2.24) is 9.13 Å². The average molecular weight is 651 g/mol. The summed E-state index contributed by atoms with van der Waals surface area (Å²) < 4.78 is 10.9. The van der Waals surface area contributed by atoms with Gasteiger partial charge in [-0.05, 0) is 89.0 Å². The molecule has 0 saturated heterocycles.